The molecule has 2 N–H and O–H groups in total. The molecule has 6 heteroatoms. The number of hydrogen-bond acceptors (Lipinski definition) is 4. The number of aromatic nitrogens is 2. The lowest BCUT2D eigenvalue weighted by Crippen LogP contribution is -2.20. The van der Waals surface area contributed by atoms with Gasteiger partial charge in [-0.05, 0) is 19.3 Å². The molecule has 1 aromatic heterocycles. The van der Waals surface area contributed by atoms with Gasteiger partial charge in [-0.3, -0.25) is 4.79 Å². The highest BCUT2D eigenvalue weighted by atomic mass is 35.5. The van der Waals surface area contributed by atoms with Crippen LogP contribution in [0.2, 0.25) is 5.02 Å². The number of halogens is 1. The molecule has 16 heavy (non-hydrogen) atoms. The van der Waals surface area contributed by atoms with E-state index in [1.54, 1.807) is 7.11 Å². The van der Waals surface area contributed by atoms with E-state index in [0.29, 0.717) is 17.8 Å². The summed E-state index contributed by atoms with van der Waals surface area (Å²) in [5, 5.41) is 9.38. The number of nitrogens with zero attached hydrogens (tertiary/aromatic N) is 1. The Morgan fingerprint density at radius 2 is 2.44 bits per heavy atom. The van der Waals surface area contributed by atoms with Crippen molar-refractivity contribution in [3.05, 3.63) is 21.6 Å². The second-order valence-electron chi connectivity index (χ2n) is 3.94. The van der Waals surface area contributed by atoms with E-state index in [-0.39, 0.29) is 10.6 Å². The molecule has 0 spiro atoms. The van der Waals surface area contributed by atoms with Crippen LogP contribution < -0.4 is 10.9 Å². The van der Waals surface area contributed by atoms with Gasteiger partial charge in [0, 0.05) is 13.2 Å². The lowest BCUT2D eigenvalue weighted by molar-refractivity contribution is 0.108. The van der Waals surface area contributed by atoms with Crippen LogP contribution in [0.5, 0.6) is 0 Å². The second kappa shape index (κ2) is 4.84. The quantitative estimate of drug-likeness (QED) is 0.842. The Balaban J connectivity index is 2.05. The summed E-state index contributed by atoms with van der Waals surface area (Å²) in [6.45, 7) is 0. The predicted molar refractivity (Wildman–Crippen MR) is 61.9 cm³/mol. The first kappa shape index (κ1) is 11.4. The second-order valence-corrected chi connectivity index (χ2v) is 4.32. The zero-order valence-electron chi connectivity index (χ0n) is 9.00. The van der Waals surface area contributed by atoms with Gasteiger partial charge in [0.1, 0.15) is 5.02 Å². The van der Waals surface area contributed by atoms with Gasteiger partial charge in [-0.1, -0.05) is 11.6 Å². The van der Waals surface area contributed by atoms with E-state index in [9.17, 15) is 4.79 Å². The van der Waals surface area contributed by atoms with E-state index in [4.69, 9.17) is 16.3 Å². The average molecular weight is 244 g/mol. The van der Waals surface area contributed by atoms with Crippen molar-refractivity contribution in [2.75, 3.05) is 12.4 Å². The molecule has 1 fully saturated rings. The van der Waals surface area contributed by atoms with Crippen molar-refractivity contribution in [3.8, 4) is 0 Å². The summed E-state index contributed by atoms with van der Waals surface area (Å²) in [5.74, 6) is 0. The number of aromatic amines is 1. The standard InChI is InChI=1S/C10H14ClN3O2/c1-16-7-3-2-6(4-7)13-8-5-12-14-10(15)9(8)11/h5-7H,2-4H2,1H3,(H2,13,14,15). The van der Waals surface area contributed by atoms with Crippen LogP contribution in [0, 0.1) is 0 Å². The van der Waals surface area contributed by atoms with Crippen LogP contribution >= 0.6 is 11.6 Å². The molecule has 1 aliphatic rings. The van der Waals surface area contributed by atoms with Crippen molar-refractivity contribution in [3.63, 3.8) is 0 Å². The fourth-order valence-corrected chi connectivity index (χ4v) is 2.13. The number of nitrogens with one attached hydrogen (secondary N) is 2. The molecule has 1 aromatic rings. The number of methoxy groups -OCH3 is 1. The van der Waals surface area contributed by atoms with Crippen molar-refractivity contribution in [2.45, 2.75) is 31.4 Å². The molecule has 1 saturated carbocycles. The molecule has 0 radical (unpaired) electrons. The summed E-state index contributed by atoms with van der Waals surface area (Å²) < 4.78 is 5.28. The third-order valence-electron chi connectivity index (χ3n) is 2.87. The highest BCUT2D eigenvalue weighted by Gasteiger charge is 2.24. The molecule has 0 bridgehead atoms. The van der Waals surface area contributed by atoms with Gasteiger partial charge in [0.25, 0.3) is 5.56 Å². The number of ether oxygens (including phenoxy) is 1. The highest BCUT2D eigenvalue weighted by molar-refractivity contribution is 6.32. The summed E-state index contributed by atoms with van der Waals surface area (Å²) in [7, 11) is 1.72. The third-order valence-corrected chi connectivity index (χ3v) is 3.25. The van der Waals surface area contributed by atoms with Gasteiger partial charge in [-0.25, -0.2) is 5.10 Å². The molecule has 5 nitrogen and oxygen atoms in total. The molecule has 88 valence electrons. The smallest absolute Gasteiger partial charge is 0.285 e. The zero-order valence-corrected chi connectivity index (χ0v) is 9.75. The van der Waals surface area contributed by atoms with Crippen molar-refractivity contribution >= 4 is 17.3 Å². The fraction of sp³-hybridized carbons (Fsp3) is 0.600. The minimum Gasteiger partial charge on any atom is -0.381 e. The van der Waals surface area contributed by atoms with Crippen LogP contribution in [0.15, 0.2) is 11.0 Å². The first-order valence-electron chi connectivity index (χ1n) is 5.23. The Hall–Kier alpha value is -1.07. The van der Waals surface area contributed by atoms with Crippen molar-refractivity contribution < 1.29 is 4.74 Å². The normalized spacial score (nSPS) is 24.6. The van der Waals surface area contributed by atoms with Crippen LogP contribution in [-0.4, -0.2) is 29.5 Å². The molecule has 2 atom stereocenters. The summed E-state index contributed by atoms with van der Waals surface area (Å²) in [6, 6.07) is 0.297. The number of anilines is 1. The number of H-pyrrole nitrogens is 1. The monoisotopic (exact) mass is 243 g/mol. The maximum absolute atomic E-state index is 11.2. The lowest BCUT2D eigenvalue weighted by atomic mass is 10.2. The number of hydrogen-bond donors (Lipinski definition) is 2. The van der Waals surface area contributed by atoms with Gasteiger partial charge in [-0.2, -0.15) is 5.10 Å². The maximum Gasteiger partial charge on any atom is 0.285 e. The van der Waals surface area contributed by atoms with Crippen molar-refractivity contribution in [1.29, 1.82) is 0 Å². The van der Waals surface area contributed by atoms with Crippen LogP contribution in [0.25, 0.3) is 0 Å². The maximum atomic E-state index is 11.2. The van der Waals surface area contributed by atoms with Crippen LogP contribution in [0.1, 0.15) is 19.3 Å². The predicted octanol–water partition coefficient (Wildman–Crippen LogP) is 1.40. The van der Waals surface area contributed by atoms with Crippen LogP contribution in [0.3, 0.4) is 0 Å². The Labute approximate surface area is 98.2 Å². The zero-order chi connectivity index (χ0) is 11.5. The van der Waals surface area contributed by atoms with Crippen molar-refractivity contribution in [1.82, 2.24) is 10.2 Å². The molecule has 2 unspecified atom stereocenters. The van der Waals surface area contributed by atoms with Gasteiger partial charge >= 0.3 is 0 Å². The topological polar surface area (TPSA) is 67.0 Å². The molecule has 0 aromatic carbocycles. The Morgan fingerprint density at radius 1 is 1.62 bits per heavy atom. The molecule has 1 heterocycles. The molecule has 0 amide bonds. The van der Waals surface area contributed by atoms with Crippen LogP contribution in [-0.2, 0) is 4.74 Å². The fourth-order valence-electron chi connectivity index (χ4n) is 1.99. The van der Waals surface area contributed by atoms with E-state index in [0.717, 1.165) is 19.3 Å². The molecular formula is C10H14ClN3O2. The van der Waals surface area contributed by atoms with Gasteiger partial charge in [-0.15, -0.1) is 0 Å². The summed E-state index contributed by atoms with van der Waals surface area (Å²) in [5.41, 5.74) is 0.222. The highest BCUT2D eigenvalue weighted by Crippen LogP contribution is 2.26. The minimum atomic E-state index is -0.368. The van der Waals surface area contributed by atoms with E-state index in [1.165, 1.54) is 6.20 Å². The van der Waals surface area contributed by atoms with Gasteiger partial charge in [0.05, 0.1) is 18.0 Å². The van der Waals surface area contributed by atoms with E-state index in [2.05, 4.69) is 15.5 Å². The Morgan fingerprint density at radius 3 is 3.12 bits per heavy atom. The van der Waals surface area contributed by atoms with Gasteiger partial charge in [0.15, 0.2) is 0 Å². The summed E-state index contributed by atoms with van der Waals surface area (Å²) >= 11 is 5.86. The molecular weight excluding hydrogens is 230 g/mol. The van der Waals surface area contributed by atoms with Crippen molar-refractivity contribution in [2.24, 2.45) is 0 Å². The Kier molecular flexibility index (Phi) is 3.46. The van der Waals surface area contributed by atoms with Gasteiger partial charge in [0.2, 0.25) is 0 Å². The van der Waals surface area contributed by atoms with E-state index >= 15 is 0 Å². The minimum absolute atomic E-state index is 0.163. The third kappa shape index (κ3) is 2.36. The molecule has 0 aliphatic heterocycles. The average Bonchev–Trinajstić information content (AvgIpc) is 2.73. The molecule has 0 saturated heterocycles. The lowest BCUT2D eigenvalue weighted by Gasteiger charge is -2.14. The number of rotatable bonds is 3. The molecule has 1 aliphatic carbocycles. The van der Waals surface area contributed by atoms with Crippen LogP contribution in [0.4, 0.5) is 5.69 Å². The Bertz CT molecular complexity index is 421. The summed E-state index contributed by atoms with van der Waals surface area (Å²) in [4.78, 5) is 11.2. The van der Waals surface area contributed by atoms with E-state index < -0.39 is 0 Å². The largest absolute Gasteiger partial charge is 0.381 e. The first-order chi connectivity index (χ1) is 7.70. The van der Waals surface area contributed by atoms with Gasteiger partial charge < -0.3 is 10.1 Å². The molecule has 2 rings (SSSR count). The van der Waals surface area contributed by atoms with E-state index in [1.807, 2.05) is 0 Å². The first-order valence-corrected chi connectivity index (χ1v) is 5.61. The summed E-state index contributed by atoms with van der Waals surface area (Å²) in [6.07, 6.45) is 4.80. The SMILES string of the molecule is COC1CCC(Nc2cn[nH]c(=O)c2Cl)C1.